The molecule has 0 radical (unpaired) electrons. The van der Waals surface area contributed by atoms with Crippen LogP contribution in [0.4, 0.5) is 0 Å². The number of rotatable bonds is 3. The van der Waals surface area contributed by atoms with Gasteiger partial charge in [-0.3, -0.25) is 4.98 Å². The van der Waals surface area contributed by atoms with E-state index in [-0.39, 0.29) is 11.5 Å². The summed E-state index contributed by atoms with van der Waals surface area (Å²) in [6.07, 6.45) is 2.98. The van der Waals surface area contributed by atoms with Gasteiger partial charge in [0.05, 0.1) is 22.7 Å². The number of aromatic nitrogens is 2. The minimum atomic E-state index is -3.66. The molecule has 3 aromatic rings. The van der Waals surface area contributed by atoms with Crippen LogP contribution in [0.5, 0.6) is 0 Å². The van der Waals surface area contributed by atoms with Crippen molar-refractivity contribution in [1.29, 1.82) is 0 Å². The Hall–Kier alpha value is -2.18. The molecule has 0 saturated heterocycles. The molecule has 0 aliphatic rings. The molecule has 0 aliphatic carbocycles. The third-order valence-corrected chi connectivity index (χ3v) is 5.10. The second-order valence-electron chi connectivity index (χ2n) is 4.78. The summed E-state index contributed by atoms with van der Waals surface area (Å²) < 4.78 is 26.6. The standard InChI is InChI=1S/C15H14N2O3S/c1-11-2-4-12(5-3-11)21(19,20)17-9-7-13-14(10-18)16-8-6-15(13)17/h2-9,18H,10H2,1H3. The molecule has 0 saturated carbocycles. The molecule has 0 amide bonds. The first-order valence-electron chi connectivity index (χ1n) is 6.42. The van der Waals surface area contributed by atoms with Gasteiger partial charge in [0.1, 0.15) is 0 Å². The number of hydrogen-bond donors (Lipinski definition) is 1. The van der Waals surface area contributed by atoms with E-state index < -0.39 is 10.0 Å². The minimum absolute atomic E-state index is 0.230. The van der Waals surface area contributed by atoms with Gasteiger partial charge in [-0.1, -0.05) is 17.7 Å². The summed E-state index contributed by atoms with van der Waals surface area (Å²) in [7, 11) is -3.66. The smallest absolute Gasteiger partial charge is 0.268 e. The highest BCUT2D eigenvalue weighted by Gasteiger charge is 2.19. The molecule has 0 atom stereocenters. The van der Waals surface area contributed by atoms with E-state index in [1.807, 2.05) is 6.92 Å². The van der Waals surface area contributed by atoms with Crippen LogP contribution in [0.2, 0.25) is 0 Å². The van der Waals surface area contributed by atoms with Crippen molar-refractivity contribution in [2.24, 2.45) is 0 Å². The fourth-order valence-corrected chi connectivity index (χ4v) is 3.61. The topological polar surface area (TPSA) is 72.2 Å². The lowest BCUT2D eigenvalue weighted by molar-refractivity contribution is 0.278. The van der Waals surface area contributed by atoms with E-state index >= 15 is 0 Å². The van der Waals surface area contributed by atoms with E-state index in [1.165, 1.54) is 16.4 Å². The second kappa shape index (κ2) is 4.98. The molecule has 0 bridgehead atoms. The van der Waals surface area contributed by atoms with Gasteiger partial charge in [-0.25, -0.2) is 12.4 Å². The zero-order valence-corrected chi connectivity index (χ0v) is 12.2. The van der Waals surface area contributed by atoms with Gasteiger partial charge in [-0.15, -0.1) is 0 Å². The van der Waals surface area contributed by atoms with Gasteiger partial charge in [-0.2, -0.15) is 0 Å². The Kier molecular flexibility index (Phi) is 3.27. The molecule has 0 aliphatic heterocycles. The summed E-state index contributed by atoms with van der Waals surface area (Å²) in [5.74, 6) is 0. The maximum atomic E-state index is 12.7. The van der Waals surface area contributed by atoms with Gasteiger partial charge in [0.15, 0.2) is 0 Å². The number of aliphatic hydroxyl groups is 1. The first-order valence-corrected chi connectivity index (χ1v) is 7.86. The van der Waals surface area contributed by atoms with Crippen molar-refractivity contribution < 1.29 is 13.5 Å². The number of pyridine rings is 1. The van der Waals surface area contributed by atoms with Crippen LogP contribution in [0.25, 0.3) is 10.9 Å². The average molecular weight is 302 g/mol. The fraction of sp³-hybridized carbons (Fsp3) is 0.133. The van der Waals surface area contributed by atoms with E-state index in [0.717, 1.165) is 5.56 Å². The number of fused-ring (bicyclic) bond motifs is 1. The number of hydrogen-bond acceptors (Lipinski definition) is 4. The normalized spacial score (nSPS) is 11.9. The molecular formula is C15H14N2O3S. The van der Waals surface area contributed by atoms with Crippen molar-refractivity contribution in [3.05, 3.63) is 60.0 Å². The predicted molar refractivity (Wildman–Crippen MR) is 79.4 cm³/mol. The quantitative estimate of drug-likeness (QED) is 0.804. The molecule has 5 nitrogen and oxygen atoms in total. The number of aryl methyl sites for hydroxylation is 1. The fourth-order valence-electron chi connectivity index (χ4n) is 2.26. The van der Waals surface area contributed by atoms with Gasteiger partial charge in [0.2, 0.25) is 0 Å². The van der Waals surface area contributed by atoms with Crippen LogP contribution in [0.1, 0.15) is 11.3 Å². The van der Waals surface area contributed by atoms with Crippen LogP contribution in [0.15, 0.2) is 53.7 Å². The largest absolute Gasteiger partial charge is 0.390 e. The number of benzene rings is 1. The zero-order chi connectivity index (χ0) is 15.0. The minimum Gasteiger partial charge on any atom is -0.390 e. The van der Waals surface area contributed by atoms with E-state index in [2.05, 4.69) is 4.98 Å². The van der Waals surface area contributed by atoms with E-state index in [4.69, 9.17) is 0 Å². The predicted octanol–water partition coefficient (Wildman–Crippen LogP) is 2.07. The summed E-state index contributed by atoms with van der Waals surface area (Å²) in [5, 5.41) is 9.91. The van der Waals surface area contributed by atoms with Crippen molar-refractivity contribution >= 4 is 20.9 Å². The van der Waals surface area contributed by atoms with E-state index in [0.29, 0.717) is 16.6 Å². The van der Waals surface area contributed by atoms with Crippen molar-refractivity contribution in [3.8, 4) is 0 Å². The molecule has 21 heavy (non-hydrogen) atoms. The van der Waals surface area contributed by atoms with Crippen LogP contribution in [-0.2, 0) is 16.6 Å². The van der Waals surface area contributed by atoms with E-state index in [1.54, 1.807) is 36.4 Å². The molecule has 108 valence electrons. The summed E-state index contributed by atoms with van der Waals surface area (Å²) in [4.78, 5) is 4.28. The molecule has 2 heterocycles. The molecule has 0 unspecified atom stereocenters. The lowest BCUT2D eigenvalue weighted by atomic mass is 10.2. The lowest BCUT2D eigenvalue weighted by Gasteiger charge is -2.08. The summed E-state index contributed by atoms with van der Waals surface area (Å²) in [6, 6.07) is 9.98. The monoisotopic (exact) mass is 302 g/mol. The SMILES string of the molecule is Cc1ccc(S(=O)(=O)n2ccc3c(CO)nccc32)cc1. The molecule has 2 aromatic heterocycles. The highest BCUT2D eigenvalue weighted by molar-refractivity contribution is 7.90. The Morgan fingerprint density at radius 2 is 1.86 bits per heavy atom. The van der Waals surface area contributed by atoms with Gasteiger partial charge in [-0.05, 0) is 31.2 Å². The van der Waals surface area contributed by atoms with Crippen LogP contribution >= 0.6 is 0 Å². The summed E-state index contributed by atoms with van der Waals surface area (Å²) in [6.45, 7) is 1.67. The lowest BCUT2D eigenvalue weighted by Crippen LogP contribution is -2.11. The van der Waals surface area contributed by atoms with Crippen LogP contribution in [0, 0.1) is 6.92 Å². The van der Waals surface area contributed by atoms with Gasteiger partial charge >= 0.3 is 0 Å². The Morgan fingerprint density at radius 3 is 2.52 bits per heavy atom. The Morgan fingerprint density at radius 1 is 1.14 bits per heavy atom. The maximum absolute atomic E-state index is 12.7. The Balaban J connectivity index is 2.22. The maximum Gasteiger partial charge on any atom is 0.268 e. The van der Waals surface area contributed by atoms with Crippen molar-refractivity contribution in [2.45, 2.75) is 18.4 Å². The molecule has 1 N–H and O–H groups in total. The van der Waals surface area contributed by atoms with Gasteiger partial charge < -0.3 is 5.11 Å². The van der Waals surface area contributed by atoms with Crippen LogP contribution < -0.4 is 0 Å². The first kappa shape index (κ1) is 13.8. The van der Waals surface area contributed by atoms with Crippen molar-refractivity contribution in [2.75, 3.05) is 0 Å². The molecule has 0 spiro atoms. The van der Waals surface area contributed by atoms with Gasteiger partial charge in [0.25, 0.3) is 10.0 Å². The molecule has 6 heteroatoms. The molecular weight excluding hydrogens is 288 g/mol. The van der Waals surface area contributed by atoms with Gasteiger partial charge in [0, 0.05) is 17.8 Å². The van der Waals surface area contributed by atoms with Crippen molar-refractivity contribution in [3.63, 3.8) is 0 Å². The molecule has 1 aromatic carbocycles. The first-order chi connectivity index (χ1) is 10.0. The van der Waals surface area contributed by atoms with Crippen molar-refractivity contribution in [1.82, 2.24) is 8.96 Å². The Bertz CT molecular complexity index is 896. The number of nitrogens with zero attached hydrogens (tertiary/aromatic N) is 2. The van der Waals surface area contributed by atoms with E-state index in [9.17, 15) is 13.5 Å². The summed E-state index contributed by atoms with van der Waals surface area (Å²) in [5.41, 5.74) is 1.97. The zero-order valence-electron chi connectivity index (χ0n) is 11.4. The highest BCUT2D eigenvalue weighted by atomic mass is 32.2. The molecule has 0 fully saturated rings. The molecule has 3 rings (SSSR count). The third-order valence-electron chi connectivity index (χ3n) is 3.39. The second-order valence-corrected chi connectivity index (χ2v) is 6.59. The highest BCUT2D eigenvalue weighted by Crippen LogP contribution is 2.23. The number of aliphatic hydroxyl groups excluding tert-OH is 1. The average Bonchev–Trinajstić information content (AvgIpc) is 2.92. The summed E-state index contributed by atoms with van der Waals surface area (Å²) >= 11 is 0. The third kappa shape index (κ3) is 2.22. The Labute approximate surface area is 122 Å². The van der Waals surface area contributed by atoms with Crippen LogP contribution in [-0.4, -0.2) is 22.5 Å². The van der Waals surface area contributed by atoms with Crippen LogP contribution in [0.3, 0.4) is 0 Å².